The Morgan fingerprint density at radius 1 is 0.841 bits per heavy atom. The molecule has 0 spiro atoms. The number of fused-ring (bicyclic) bond motifs is 2. The van der Waals surface area contributed by atoms with Crippen LogP contribution in [0.2, 0.25) is 0 Å². The lowest BCUT2D eigenvalue weighted by Crippen LogP contribution is -2.68. The number of hydrogen-bond acceptors (Lipinski definition) is 12. The van der Waals surface area contributed by atoms with Gasteiger partial charge in [-0.2, -0.15) is 28.1 Å². The minimum Gasteiger partial charge on any atom is -0.489 e. The second-order valence-corrected chi connectivity index (χ2v) is 13.4. The van der Waals surface area contributed by atoms with Crippen LogP contribution in [-0.2, 0) is 20.8 Å². The first kappa shape index (κ1) is 36.4. The predicted octanol–water partition coefficient (Wildman–Crippen LogP) is 0.739. The molecule has 0 saturated heterocycles. The van der Waals surface area contributed by atoms with Gasteiger partial charge in [-0.15, -0.1) is 10.2 Å². The summed E-state index contributed by atoms with van der Waals surface area (Å²) in [5.74, 6) is 4.33. The molecular formula is C29H36ClNO10S3. The Morgan fingerprint density at radius 2 is 1.45 bits per heavy atom. The Labute approximate surface area is 271 Å². The van der Waals surface area contributed by atoms with Gasteiger partial charge in [-0.1, -0.05) is 29.5 Å². The Hall–Kier alpha value is -2.11. The van der Waals surface area contributed by atoms with Gasteiger partial charge in [0.15, 0.2) is 18.0 Å². The van der Waals surface area contributed by atoms with E-state index in [1.807, 2.05) is 53.9 Å². The topological polar surface area (TPSA) is 170 Å². The van der Waals surface area contributed by atoms with Crippen molar-refractivity contribution in [2.24, 2.45) is 0 Å². The molecule has 2 heterocycles. The van der Waals surface area contributed by atoms with E-state index in [-0.39, 0.29) is 6.42 Å². The molecule has 15 heteroatoms. The van der Waals surface area contributed by atoms with Crippen LogP contribution in [-0.4, -0.2) is 73.7 Å². The molecule has 0 saturated carbocycles. The smallest absolute Gasteiger partial charge is 0.303 e. The molecule has 2 aromatic carbocycles. The van der Waals surface area contributed by atoms with Gasteiger partial charge in [0.25, 0.3) is 5.01 Å². The largest absolute Gasteiger partial charge is 0.489 e. The number of carboxylic acids is 1. The molecule has 0 fully saturated rings. The summed E-state index contributed by atoms with van der Waals surface area (Å²) in [4.78, 5) is 11.1. The average molecular weight is 690 g/mol. The zero-order valence-corrected chi connectivity index (χ0v) is 27.3. The molecule has 1 aromatic heterocycles. The Morgan fingerprint density at radius 3 is 2.11 bits per heavy atom. The second-order valence-electron chi connectivity index (χ2n) is 9.12. The monoisotopic (exact) mass is 689 g/mol. The number of aliphatic carboxylic acids is 1. The van der Waals surface area contributed by atoms with E-state index in [4.69, 9.17) is 42.7 Å². The van der Waals surface area contributed by atoms with Crippen molar-refractivity contribution < 1.29 is 62.3 Å². The number of aromatic nitrogens is 1. The number of rotatable bonds is 6. The van der Waals surface area contributed by atoms with Gasteiger partial charge in [0.05, 0.1) is 46.1 Å². The summed E-state index contributed by atoms with van der Waals surface area (Å²) in [6.45, 7) is 4.56. The number of carboxylic acid groups (broad SMARTS) is 1. The minimum absolute atomic E-state index is 0.153. The summed E-state index contributed by atoms with van der Waals surface area (Å²) in [6, 6.07) is 14.3. The molecule has 1 aliphatic heterocycles. The maximum atomic E-state index is 11.1. The molecule has 0 aliphatic carbocycles. The van der Waals surface area contributed by atoms with Crippen LogP contribution < -0.4 is 32.7 Å². The summed E-state index contributed by atoms with van der Waals surface area (Å²) in [5, 5.41) is 10.2. The Bertz CT molecular complexity index is 1310. The third-order valence-corrected chi connectivity index (χ3v) is 8.83. The number of halogens is 1. The molecule has 4 rings (SSSR count). The Kier molecular flexibility index (Phi) is 16.6. The lowest BCUT2D eigenvalue weighted by atomic mass is 10.2. The second kappa shape index (κ2) is 20.1. The number of carbonyl (C=O) groups is 1. The van der Waals surface area contributed by atoms with Crippen LogP contribution in [0.3, 0.4) is 0 Å². The normalized spacial score (nSPS) is 16.1. The summed E-state index contributed by atoms with van der Waals surface area (Å²) in [6.07, 6.45) is 4.92. The summed E-state index contributed by atoms with van der Waals surface area (Å²) >= 11 is 5.32. The molecule has 0 unspecified atom stereocenters. The molecule has 3 aromatic rings. The van der Waals surface area contributed by atoms with E-state index in [1.54, 1.807) is 11.3 Å². The van der Waals surface area contributed by atoms with Gasteiger partial charge < -0.3 is 24.1 Å². The number of hydrogen-bond donors (Lipinski definition) is 1. The van der Waals surface area contributed by atoms with Gasteiger partial charge >= 0.3 is 5.97 Å². The van der Waals surface area contributed by atoms with Gasteiger partial charge in [0.2, 0.25) is 5.52 Å². The van der Waals surface area contributed by atoms with Crippen molar-refractivity contribution >= 4 is 63.2 Å². The summed E-state index contributed by atoms with van der Waals surface area (Å²) in [5.41, 5.74) is 2.14. The third-order valence-electron chi connectivity index (χ3n) is 5.88. The first-order chi connectivity index (χ1) is 21.2. The van der Waals surface area contributed by atoms with E-state index in [0.29, 0.717) is 46.0 Å². The van der Waals surface area contributed by atoms with Gasteiger partial charge in [0.1, 0.15) is 4.70 Å². The quantitative estimate of drug-likeness (QED) is 0.361. The average Bonchev–Trinajstić information content (AvgIpc) is 3.32. The van der Waals surface area contributed by atoms with E-state index in [2.05, 4.69) is 28.9 Å². The fourth-order valence-corrected chi connectivity index (χ4v) is 6.38. The van der Waals surface area contributed by atoms with Crippen LogP contribution in [0.15, 0.2) is 42.5 Å². The van der Waals surface area contributed by atoms with E-state index in [1.165, 1.54) is 4.70 Å². The number of thiazole rings is 1. The van der Waals surface area contributed by atoms with Gasteiger partial charge in [0, 0.05) is 41.6 Å². The maximum Gasteiger partial charge on any atom is 0.303 e. The number of thioether (sulfide) groups is 2. The Balaban J connectivity index is 0.000000978. The van der Waals surface area contributed by atoms with Crippen molar-refractivity contribution in [2.75, 3.05) is 62.7 Å². The van der Waals surface area contributed by atoms with Crippen LogP contribution in [0.25, 0.3) is 22.4 Å². The molecule has 0 radical (unpaired) electrons. The molecule has 1 N–H and O–H groups in total. The highest BCUT2D eigenvalue weighted by molar-refractivity contribution is 7.99. The van der Waals surface area contributed by atoms with Crippen molar-refractivity contribution in [1.29, 1.82) is 0 Å². The lowest BCUT2D eigenvalue weighted by molar-refractivity contribution is -2.00. The molecule has 1 aliphatic rings. The first-order valence-electron chi connectivity index (χ1n) is 13.8. The van der Waals surface area contributed by atoms with E-state index in [0.717, 1.165) is 57.2 Å². The van der Waals surface area contributed by atoms with Crippen LogP contribution in [0.5, 0.6) is 11.5 Å². The maximum absolute atomic E-state index is 11.1. The predicted molar refractivity (Wildman–Crippen MR) is 162 cm³/mol. The van der Waals surface area contributed by atoms with Crippen molar-refractivity contribution in [3.63, 3.8) is 0 Å². The van der Waals surface area contributed by atoms with Crippen LogP contribution >= 0.6 is 34.9 Å². The minimum atomic E-state index is -4.94. The van der Waals surface area contributed by atoms with E-state index < -0.39 is 16.2 Å². The highest BCUT2D eigenvalue weighted by atomic mass is 35.7. The van der Waals surface area contributed by atoms with Gasteiger partial charge in [-0.25, -0.2) is 18.6 Å². The number of aryl methyl sites for hydroxylation is 1. The van der Waals surface area contributed by atoms with E-state index in [9.17, 15) is 4.79 Å². The van der Waals surface area contributed by atoms with Gasteiger partial charge in [-0.3, -0.25) is 4.79 Å². The first-order valence-corrected chi connectivity index (χ1v) is 18.2. The van der Waals surface area contributed by atoms with Crippen LogP contribution in [0.1, 0.15) is 23.4 Å². The molecule has 11 nitrogen and oxygen atoms in total. The lowest BCUT2D eigenvalue weighted by Gasteiger charge is -2.17. The van der Waals surface area contributed by atoms with Crippen molar-refractivity contribution in [1.82, 2.24) is 0 Å². The summed E-state index contributed by atoms with van der Waals surface area (Å²) in [7, 11) is -4.94. The number of ether oxygens (including phenoxy) is 4. The van der Waals surface area contributed by atoms with E-state index >= 15 is 0 Å². The zero-order chi connectivity index (χ0) is 31.6. The van der Waals surface area contributed by atoms with Crippen molar-refractivity contribution in [3.05, 3.63) is 53.0 Å². The highest BCUT2D eigenvalue weighted by Crippen LogP contribution is 2.30. The molecule has 0 amide bonds. The number of para-hydroxylation sites is 1. The standard InChI is InChI=1S/C29H35NO6S3.ClHO4/c31-29(32)6-3-11-30-24-4-1-2-5-27(24)39-28(30)10-8-23-7-9-25-26(22-23)36-17-21-38-19-15-34-13-12-33-14-18-37-20-16-35-25;2-1(3,4)5/h1-2,4-5,7-10,22H,3,6,11-21H2;(H,2,3,4,5)/b10-8+;. The van der Waals surface area contributed by atoms with Crippen LogP contribution in [0.4, 0.5) is 0 Å². The highest BCUT2D eigenvalue weighted by Gasteiger charge is 2.18. The molecule has 0 bridgehead atoms. The van der Waals surface area contributed by atoms with Crippen LogP contribution in [0, 0.1) is 10.2 Å². The van der Waals surface area contributed by atoms with Gasteiger partial charge in [-0.05, 0) is 29.8 Å². The molecule has 44 heavy (non-hydrogen) atoms. The van der Waals surface area contributed by atoms with Crippen molar-refractivity contribution in [2.45, 2.75) is 19.4 Å². The number of benzene rings is 2. The SMILES string of the molecule is O=C(O)CCC[n+]1c(/C=C/c2ccc3c(c2)OCCSCCOCCOCCSCCO3)sc2ccccc21.[O-][Cl+3]([O-])([O-])[O-]. The third kappa shape index (κ3) is 14.8. The summed E-state index contributed by atoms with van der Waals surface area (Å²) < 4.78 is 60.8. The molecule has 0 atom stereocenters. The number of nitrogens with zero attached hydrogens (tertiary/aromatic N) is 1. The fraction of sp³-hybridized carbons (Fsp3) is 0.448. The molecule has 242 valence electrons. The zero-order valence-electron chi connectivity index (χ0n) is 24.1. The molecular weight excluding hydrogens is 654 g/mol. The van der Waals surface area contributed by atoms with Crippen molar-refractivity contribution in [3.8, 4) is 11.5 Å². The fourth-order valence-electron chi connectivity index (χ4n) is 4.01.